The smallest absolute Gasteiger partial charge is 0.237 e. The van der Waals surface area contributed by atoms with Gasteiger partial charge >= 0.3 is 0 Å². The number of nitrogens with one attached hydrogen (secondary N) is 2. The first-order valence-corrected chi connectivity index (χ1v) is 6.71. The summed E-state index contributed by atoms with van der Waals surface area (Å²) in [6.07, 6.45) is 6.97. The van der Waals surface area contributed by atoms with E-state index in [4.69, 9.17) is 0 Å². The highest BCUT2D eigenvalue weighted by Gasteiger charge is 2.19. The molecule has 94 valence electrons. The van der Waals surface area contributed by atoms with Crippen molar-refractivity contribution < 1.29 is 4.79 Å². The first-order chi connectivity index (χ1) is 7.70. The molecule has 1 saturated heterocycles. The van der Waals surface area contributed by atoms with Crippen LogP contribution in [-0.2, 0) is 4.79 Å². The van der Waals surface area contributed by atoms with E-state index in [9.17, 15) is 4.79 Å². The summed E-state index contributed by atoms with van der Waals surface area (Å²) in [6, 6.07) is 0.0684. The van der Waals surface area contributed by atoms with Crippen molar-refractivity contribution in [3.63, 3.8) is 0 Å². The topological polar surface area (TPSA) is 41.1 Å². The molecule has 1 fully saturated rings. The first kappa shape index (κ1) is 13.5. The Morgan fingerprint density at radius 1 is 1.38 bits per heavy atom. The molecule has 1 amide bonds. The fourth-order valence-electron chi connectivity index (χ4n) is 2.09. The number of unbranched alkanes of at least 4 members (excludes halogenated alkanes) is 1. The van der Waals surface area contributed by atoms with Crippen LogP contribution in [0, 0.1) is 5.92 Å². The van der Waals surface area contributed by atoms with Crippen LogP contribution in [0.1, 0.15) is 52.4 Å². The SMILES string of the molecule is CC(C)CCCCNC(=O)[C@@H]1CCCCN1. The zero-order chi connectivity index (χ0) is 11.8. The van der Waals surface area contributed by atoms with Gasteiger partial charge in [0.25, 0.3) is 0 Å². The van der Waals surface area contributed by atoms with E-state index >= 15 is 0 Å². The van der Waals surface area contributed by atoms with Crippen molar-refractivity contribution >= 4 is 5.91 Å². The minimum Gasteiger partial charge on any atom is -0.355 e. The molecule has 0 spiro atoms. The van der Waals surface area contributed by atoms with Gasteiger partial charge in [0.2, 0.25) is 5.91 Å². The van der Waals surface area contributed by atoms with E-state index in [2.05, 4.69) is 24.5 Å². The molecule has 16 heavy (non-hydrogen) atoms. The lowest BCUT2D eigenvalue weighted by molar-refractivity contribution is -0.123. The largest absolute Gasteiger partial charge is 0.355 e. The van der Waals surface area contributed by atoms with Crippen molar-refractivity contribution in [1.29, 1.82) is 0 Å². The lowest BCUT2D eigenvalue weighted by atomic mass is 10.0. The maximum Gasteiger partial charge on any atom is 0.237 e. The number of piperidine rings is 1. The molecule has 0 aliphatic carbocycles. The van der Waals surface area contributed by atoms with Gasteiger partial charge in [0.05, 0.1) is 6.04 Å². The van der Waals surface area contributed by atoms with Gasteiger partial charge in [0, 0.05) is 6.54 Å². The molecule has 0 saturated carbocycles. The van der Waals surface area contributed by atoms with Crippen LogP contribution in [0.4, 0.5) is 0 Å². The summed E-state index contributed by atoms with van der Waals surface area (Å²) >= 11 is 0. The molecular weight excluding hydrogens is 200 g/mol. The number of carbonyl (C=O) groups excluding carboxylic acids is 1. The van der Waals surface area contributed by atoms with Gasteiger partial charge in [-0.05, 0) is 31.7 Å². The van der Waals surface area contributed by atoms with Crippen molar-refractivity contribution in [2.75, 3.05) is 13.1 Å². The van der Waals surface area contributed by atoms with Crippen LogP contribution in [0.2, 0.25) is 0 Å². The van der Waals surface area contributed by atoms with Crippen LogP contribution in [0.25, 0.3) is 0 Å². The fourth-order valence-corrected chi connectivity index (χ4v) is 2.09. The number of hydrogen-bond donors (Lipinski definition) is 2. The van der Waals surface area contributed by atoms with E-state index in [1.54, 1.807) is 0 Å². The predicted molar refractivity (Wildman–Crippen MR) is 67.3 cm³/mol. The normalized spacial score (nSPS) is 21.1. The second-order valence-corrected chi connectivity index (χ2v) is 5.18. The summed E-state index contributed by atoms with van der Waals surface area (Å²) in [5.74, 6) is 0.972. The van der Waals surface area contributed by atoms with Crippen LogP contribution >= 0.6 is 0 Å². The van der Waals surface area contributed by atoms with E-state index in [-0.39, 0.29) is 11.9 Å². The third-order valence-electron chi connectivity index (χ3n) is 3.13. The molecule has 1 aliphatic rings. The molecule has 2 N–H and O–H groups in total. The van der Waals surface area contributed by atoms with Crippen molar-refractivity contribution in [3.05, 3.63) is 0 Å². The third kappa shape index (κ3) is 5.50. The zero-order valence-corrected chi connectivity index (χ0v) is 10.7. The molecule has 1 heterocycles. The number of amides is 1. The molecule has 3 heteroatoms. The first-order valence-electron chi connectivity index (χ1n) is 6.71. The second kappa shape index (κ2) is 7.66. The second-order valence-electron chi connectivity index (χ2n) is 5.18. The summed E-state index contributed by atoms with van der Waals surface area (Å²) in [5, 5.41) is 6.29. The Bertz CT molecular complexity index is 198. The number of hydrogen-bond acceptors (Lipinski definition) is 2. The summed E-state index contributed by atoms with van der Waals surface area (Å²) in [4.78, 5) is 11.7. The van der Waals surface area contributed by atoms with Crippen molar-refractivity contribution in [3.8, 4) is 0 Å². The molecule has 3 nitrogen and oxygen atoms in total. The van der Waals surface area contributed by atoms with Crippen LogP contribution < -0.4 is 10.6 Å². The summed E-state index contributed by atoms with van der Waals surface area (Å²) in [5.41, 5.74) is 0. The minimum absolute atomic E-state index is 0.0684. The summed E-state index contributed by atoms with van der Waals surface area (Å²) in [6.45, 7) is 6.31. The standard InChI is InChI=1S/C13H26N2O/c1-11(2)7-3-5-10-15-13(16)12-8-4-6-9-14-12/h11-12,14H,3-10H2,1-2H3,(H,15,16)/t12-/m0/s1. The van der Waals surface area contributed by atoms with E-state index in [1.807, 2.05) is 0 Å². The minimum atomic E-state index is 0.0684. The maximum atomic E-state index is 11.7. The van der Waals surface area contributed by atoms with Crippen LogP contribution in [0.15, 0.2) is 0 Å². The molecular formula is C13H26N2O. The van der Waals surface area contributed by atoms with E-state index < -0.39 is 0 Å². The average Bonchev–Trinajstić information content (AvgIpc) is 2.29. The molecule has 0 unspecified atom stereocenters. The van der Waals surface area contributed by atoms with Crippen molar-refractivity contribution in [2.45, 2.75) is 58.4 Å². The highest BCUT2D eigenvalue weighted by molar-refractivity contribution is 5.81. The van der Waals surface area contributed by atoms with E-state index in [0.717, 1.165) is 31.8 Å². The maximum absolute atomic E-state index is 11.7. The summed E-state index contributed by atoms with van der Waals surface area (Å²) < 4.78 is 0. The van der Waals surface area contributed by atoms with E-state index in [1.165, 1.54) is 25.7 Å². The highest BCUT2D eigenvalue weighted by atomic mass is 16.2. The third-order valence-corrected chi connectivity index (χ3v) is 3.13. The zero-order valence-electron chi connectivity index (χ0n) is 10.7. The molecule has 0 aromatic rings. The molecule has 1 atom stereocenters. The number of carbonyl (C=O) groups is 1. The van der Waals surface area contributed by atoms with Gasteiger partial charge in [-0.1, -0.05) is 33.1 Å². The lowest BCUT2D eigenvalue weighted by Gasteiger charge is -2.22. The Kier molecular flexibility index (Phi) is 6.46. The Labute approximate surface area is 99.4 Å². The highest BCUT2D eigenvalue weighted by Crippen LogP contribution is 2.07. The molecule has 0 aromatic heterocycles. The van der Waals surface area contributed by atoms with Gasteiger partial charge in [-0.25, -0.2) is 0 Å². The van der Waals surface area contributed by atoms with Gasteiger partial charge in [-0.15, -0.1) is 0 Å². The van der Waals surface area contributed by atoms with Crippen LogP contribution in [0.3, 0.4) is 0 Å². The van der Waals surface area contributed by atoms with Gasteiger partial charge < -0.3 is 10.6 Å². The van der Waals surface area contributed by atoms with Crippen molar-refractivity contribution in [2.24, 2.45) is 5.92 Å². The van der Waals surface area contributed by atoms with Crippen LogP contribution in [-0.4, -0.2) is 25.0 Å². The Morgan fingerprint density at radius 3 is 2.81 bits per heavy atom. The molecule has 0 aromatic carbocycles. The van der Waals surface area contributed by atoms with Crippen LogP contribution in [0.5, 0.6) is 0 Å². The fraction of sp³-hybridized carbons (Fsp3) is 0.923. The number of rotatable bonds is 6. The van der Waals surface area contributed by atoms with Gasteiger partial charge in [0.15, 0.2) is 0 Å². The Hall–Kier alpha value is -0.570. The van der Waals surface area contributed by atoms with Crippen molar-refractivity contribution in [1.82, 2.24) is 10.6 Å². The Balaban J connectivity index is 2.01. The summed E-state index contributed by atoms with van der Waals surface area (Å²) in [7, 11) is 0. The van der Waals surface area contributed by atoms with Gasteiger partial charge in [-0.3, -0.25) is 4.79 Å². The molecule has 0 bridgehead atoms. The average molecular weight is 226 g/mol. The molecule has 0 radical (unpaired) electrons. The quantitative estimate of drug-likeness (QED) is 0.681. The predicted octanol–water partition coefficient (Wildman–Crippen LogP) is 2.07. The van der Waals surface area contributed by atoms with Gasteiger partial charge in [-0.2, -0.15) is 0 Å². The molecule has 1 rings (SSSR count). The van der Waals surface area contributed by atoms with Gasteiger partial charge in [0.1, 0.15) is 0 Å². The lowest BCUT2D eigenvalue weighted by Crippen LogP contribution is -2.46. The monoisotopic (exact) mass is 226 g/mol. The Morgan fingerprint density at radius 2 is 2.19 bits per heavy atom. The van der Waals surface area contributed by atoms with E-state index in [0.29, 0.717) is 0 Å². The molecule has 1 aliphatic heterocycles.